The number of hydrogen-bond acceptors (Lipinski definition) is 8. The van der Waals surface area contributed by atoms with Crippen molar-refractivity contribution in [2.45, 2.75) is 32.9 Å². The topological polar surface area (TPSA) is 111 Å². The molecule has 222 valence electrons. The number of carbonyl (C=O) groups is 2. The summed E-state index contributed by atoms with van der Waals surface area (Å²) in [7, 11) is 1.61. The maximum absolute atomic E-state index is 12.3. The fourth-order valence-electron chi connectivity index (χ4n) is 5.17. The predicted molar refractivity (Wildman–Crippen MR) is 160 cm³/mol. The van der Waals surface area contributed by atoms with Crippen molar-refractivity contribution in [2.75, 3.05) is 26.8 Å². The highest BCUT2D eigenvalue weighted by Gasteiger charge is 2.34. The van der Waals surface area contributed by atoms with Crippen LogP contribution in [-0.2, 0) is 27.3 Å². The Kier molecular flexibility index (Phi) is 9.22. The molecule has 1 aliphatic heterocycles. The average Bonchev–Trinajstić information content (AvgIpc) is 3.60. The Hall–Kier alpha value is -4.89. The van der Waals surface area contributed by atoms with Crippen LogP contribution in [0.15, 0.2) is 94.4 Å². The minimum absolute atomic E-state index is 0.224. The van der Waals surface area contributed by atoms with E-state index in [4.69, 9.17) is 18.6 Å². The van der Waals surface area contributed by atoms with E-state index in [1.54, 1.807) is 19.2 Å². The summed E-state index contributed by atoms with van der Waals surface area (Å²) in [5.41, 5.74) is 4.14. The fourth-order valence-corrected chi connectivity index (χ4v) is 5.17. The molecule has 1 N–H and O–H groups in total. The van der Waals surface area contributed by atoms with Gasteiger partial charge in [0, 0.05) is 49.7 Å². The van der Waals surface area contributed by atoms with Crippen LogP contribution in [-0.4, -0.2) is 53.7 Å². The summed E-state index contributed by atoms with van der Waals surface area (Å²) in [6, 6.07) is 24.6. The molecule has 2 heterocycles. The molecule has 4 aromatic rings. The molecule has 9 heteroatoms. The molecule has 0 saturated heterocycles. The summed E-state index contributed by atoms with van der Waals surface area (Å²) >= 11 is 0. The van der Waals surface area contributed by atoms with Gasteiger partial charge in [0.2, 0.25) is 5.89 Å². The number of methoxy groups -OCH3 is 1. The first-order valence-electron chi connectivity index (χ1n) is 14.0. The van der Waals surface area contributed by atoms with Gasteiger partial charge in [-0.3, -0.25) is 9.69 Å². The molecule has 43 heavy (non-hydrogen) atoms. The number of aryl methyl sites for hydroxylation is 1. The van der Waals surface area contributed by atoms with Gasteiger partial charge in [0.25, 0.3) is 0 Å². The zero-order valence-corrected chi connectivity index (χ0v) is 24.4. The van der Waals surface area contributed by atoms with Crippen molar-refractivity contribution in [3.05, 3.63) is 113 Å². The third-order valence-corrected chi connectivity index (χ3v) is 7.27. The Morgan fingerprint density at radius 1 is 1.00 bits per heavy atom. The molecule has 1 aromatic heterocycles. The zero-order chi connectivity index (χ0) is 30.3. The van der Waals surface area contributed by atoms with E-state index in [-0.39, 0.29) is 12.1 Å². The number of hydrogen-bond donors (Lipinski definition) is 1. The van der Waals surface area contributed by atoms with Crippen LogP contribution in [0, 0.1) is 6.92 Å². The highest BCUT2D eigenvalue weighted by Crippen LogP contribution is 2.35. The molecule has 5 rings (SSSR count). The number of rotatable bonds is 12. The van der Waals surface area contributed by atoms with Gasteiger partial charge in [0.1, 0.15) is 17.3 Å². The quantitative estimate of drug-likeness (QED) is 0.208. The number of carboxylic acids is 1. The molecule has 0 radical (unpaired) electrons. The summed E-state index contributed by atoms with van der Waals surface area (Å²) in [4.78, 5) is 31.1. The van der Waals surface area contributed by atoms with E-state index in [0.29, 0.717) is 48.9 Å². The van der Waals surface area contributed by atoms with Crippen LogP contribution in [0.4, 0.5) is 0 Å². The van der Waals surface area contributed by atoms with Crippen LogP contribution in [0.2, 0.25) is 0 Å². The number of aliphatic carboxylic acids is 1. The SMILES string of the molecule is COc1ccc(CN2CC(C(=O)O)=C(C(OC(C)=O)c3cccc(OCCc4nc(-c5ccccc5)oc4C)c3)C2)cc1. The minimum atomic E-state index is -1.03. The number of ether oxygens (including phenoxy) is 3. The van der Waals surface area contributed by atoms with Gasteiger partial charge in [-0.25, -0.2) is 9.78 Å². The van der Waals surface area contributed by atoms with Gasteiger partial charge in [-0.2, -0.15) is 0 Å². The standard InChI is InChI=1S/C34H34N2O7/c1-22-31(35-33(42-22)25-8-5-4-6-9-25)16-17-41-28-11-7-10-26(18-28)32(43-23(2)37)29-20-36(21-30(29)34(38)39)19-24-12-14-27(40-3)15-13-24/h4-15,18,32H,16-17,19-21H2,1-3H3,(H,38,39). The van der Waals surface area contributed by atoms with Crippen LogP contribution < -0.4 is 9.47 Å². The first-order valence-corrected chi connectivity index (χ1v) is 14.0. The van der Waals surface area contributed by atoms with E-state index < -0.39 is 18.0 Å². The van der Waals surface area contributed by atoms with E-state index in [1.807, 2.05) is 78.6 Å². The predicted octanol–water partition coefficient (Wildman–Crippen LogP) is 5.78. The summed E-state index contributed by atoms with van der Waals surface area (Å²) in [6.45, 7) is 4.66. The van der Waals surface area contributed by atoms with Gasteiger partial charge in [-0.1, -0.05) is 42.5 Å². The van der Waals surface area contributed by atoms with Gasteiger partial charge >= 0.3 is 11.9 Å². The number of carboxylic acid groups (broad SMARTS) is 1. The monoisotopic (exact) mass is 582 g/mol. The van der Waals surface area contributed by atoms with E-state index in [1.165, 1.54) is 6.92 Å². The number of oxazole rings is 1. The summed E-state index contributed by atoms with van der Waals surface area (Å²) in [6.07, 6.45) is -0.326. The van der Waals surface area contributed by atoms with Crippen molar-refractivity contribution >= 4 is 11.9 Å². The number of nitrogens with zero attached hydrogens (tertiary/aromatic N) is 2. The molecule has 1 unspecified atom stereocenters. The second kappa shape index (κ2) is 13.4. The fraction of sp³-hybridized carbons (Fsp3) is 0.265. The van der Waals surface area contributed by atoms with Crippen LogP contribution in [0.1, 0.15) is 35.6 Å². The second-order valence-electron chi connectivity index (χ2n) is 10.4. The average molecular weight is 583 g/mol. The number of esters is 1. The van der Waals surface area contributed by atoms with Crippen LogP contribution in [0.5, 0.6) is 11.5 Å². The van der Waals surface area contributed by atoms with Crippen molar-refractivity contribution in [2.24, 2.45) is 0 Å². The van der Waals surface area contributed by atoms with Crippen molar-refractivity contribution < 1.29 is 33.3 Å². The van der Waals surface area contributed by atoms with Crippen molar-refractivity contribution in [1.29, 1.82) is 0 Å². The third kappa shape index (κ3) is 7.31. The molecule has 0 saturated carbocycles. The largest absolute Gasteiger partial charge is 0.497 e. The van der Waals surface area contributed by atoms with Crippen LogP contribution in [0.3, 0.4) is 0 Å². The van der Waals surface area contributed by atoms with Gasteiger partial charge in [-0.15, -0.1) is 0 Å². The van der Waals surface area contributed by atoms with Gasteiger partial charge < -0.3 is 23.7 Å². The third-order valence-electron chi connectivity index (χ3n) is 7.27. The first-order chi connectivity index (χ1) is 20.8. The van der Waals surface area contributed by atoms with Gasteiger partial charge in [0.05, 0.1) is 25.0 Å². The Labute approximate surface area is 250 Å². The molecular formula is C34H34N2O7. The van der Waals surface area contributed by atoms with Crippen molar-refractivity contribution in [3.8, 4) is 23.0 Å². The van der Waals surface area contributed by atoms with E-state index in [2.05, 4.69) is 4.98 Å². The molecule has 1 atom stereocenters. The number of carbonyl (C=O) groups excluding carboxylic acids is 1. The minimum Gasteiger partial charge on any atom is -0.497 e. The highest BCUT2D eigenvalue weighted by atomic mass is 16.5. The molecule has 3 aromatic carbocycles. The Bertz CT molecular complexity index is 1610. The molecule has 0 aliphatic carbocycles. The smallest absolute Gasteiger partial charge is 0.333 e. The number of aromatic nitrogens is 1. The second-order valence-corrected chi connectivity index (χ2v) is 10.4. The lowest BCUT2D eigenvalue weighted by molar-refractivity contribution is -0.145. The molecular weight excluding hydrogens is 548 g/mol. The van der Waals surface area contributed by atoms with Crippen molar-refractivity contribution in [1.82, 2.24) is 9.88 Å². The maximum Gasteiger partial charge on any atom is 0.333 e. The molecule has 0 spiro atoms. The van der Waals surface area contributed by atoms with E-state index in [9.17, 15) is 14.7 Å². The van der Waals surface area contributed by atoms with Gasteiger partial charge in [0.15, 0.2) is 6.10 Å². The summed E-state index contributed by atoms with van der Waals surface area (Å²) in [5.74, 6) is 1.09. The Morgan fingerprint density at radius 2 is 1.77 bits per heavy atom. The van der Waals surface area contributed by atoms with E-state index >= 15 is 0 Å². The molecule has 0 bridgehead atoms. The van der Waals surface area contributed by atoms with Crippen molar-refractivity contribution in [3.63, 3.8) is 0 Å². The summed E-state index contributed by atoms with van der Waals surface area (Å²) < 4.78 is 22.9. The summed E-state index contributed by atoms with van der Waals surface area (Å²) in [5, 5.41) is 10.1. The van der Waals surface area contributed by atoms with Crippen LogP contribution >= 0.6 is 0 Å². The lowest BCUT2D eigenvalue weighted by atomic mass is 9.98. The normalized spacial score (nSPS) is 14.0. The lowest BCUT2D eigenvalue weighted by Gasteiger charge is -2.22. The Balaban J connectivity index is 1.30. The lowest BCUT2D eigenvalue weighted by Crippen LogP contribution is -2.23. The van der Waals surface area contributed by atoms with Crippen LogP contribution in [0.25, 0.3) is 11.5 Å². The molecule has 9 nitrogen and oxygen atoms in total. The molecule has 0 fully saturated rings. The van der Waals surface area contributed by atoms with E-state index in [0.717, 1.165) is 28.3 Å². The maximum atomic E-state index is 12.3. The zero-order valence-electron chi connectivity index (χ0n) is 24.4. The first kappa shape index (κ1) is 29.6. The number of benzene rings is 3. The molecule has 0 amide bonds. The highest BCUT2D eigenvalue weighted by molar-refractivity contribution is 5.89. The molecule has 1 aliphatic rings. The Morgan fingerprint density at radius 3 is 2.47 bits per heavy atom. The van der Waals surface area contributed by atoms with Gasteiger partial charge in [-0.05, 0) is 48.9 Å².